The summed E-state index contributed by atoms with van der Waals surface area (Å²) in [5.74, 6) is 0.608. The summed E-state index contributed by atoms with van der Waals surface area (Å²) in [4.78, 5) is 17.4. The van der Waals surface area contributed by atoms with Crippen molar-refractivity contribution in [2.75, 3.05) is 24.6 Å². The maximum absolute atomic E-state index is 14.2. The molecule has 4 rings (SSSR count). The molecular weight excluding hydrogens is 417 g/mol. The number of non-ortho nitro benzene ring substituents is 1. The Kier molecular flexibility index (Phi) is 6.20. The number of anilines is 1. The van der Waals surface area contributed by atoms with Crippen LogP contribution in [0, 0.1) is 10.1 Å². The van der Waals surface area contributed by atoms with Gasteiger partial charge in [0.1, 0.15) is 0 Å². The van der Waals surface area contributed by atoms with Crippen molar-refractivity contribution in [2.45, 2.75) is 26.2 Å². The fraction of sp³-hybridized carbons (Fsp3) is 0.318. The largest absolute Gasteiger partial charge is 0.420 e. The standard InChI is InChI=1S/C22H24N3O5P/c1-2-29-31(28,19-12-5-3-6-13-19)21-22(24-14-7-4-8-15-24)30-20(23-21)17-10-9-11-18(16-17)25(26)27/h3,5-6,9-13,16H,2,4,7-8,14-15H2,1H3/t31-/m0/s1. The maximum Gasteiger partial charge on any atom is 0.284 e. The summed E-state index contributed by atoms with van der Waals surface area (Å²) in [6.45, 7) is 3.55. The summed E-state index contributed by atoms with van der Waals surface area (Å²) in [5.41, 5.74) is 0.645. The van der Waals surface area contributed by atoms with Crippen LogP contribution >= 0.6 is 7.37 Å². The molecule has 1 aliphatic heterocycles. The second kappa shape index (κ2) is 9.04. The fourth-order valence-electron chi connectivity index (χ4n) is 3.74. The molecule has 162 valence electrons. The van der Waals surface area contributed by atoms with Crippen molar-refractivity contribution in [3.8, 4) is 11.5 Å². The number of aromatic nitrogens is 1. The van der Waals surface area contributed by atoms with E-state index in [1.807, 2.05) is 23.1 Å². The number of benzene rings is 2. The van der Waals surface area contributed by atoms with Crippen LogP contribution in [0.4, 0.5) is 11.6 Å². The van der Waals surface area contributed by atoms with Gasteiger partial charge in [0.05, 0.1) is 11.5 Å². The highest BCUT2D eigenvalue weighted by atomic mass is 31.2. The monoisotopic (exact) mass is 441 g/mol. The van der Waals surface area contributed by atoms with Gasteiger partial charge in [-0.3, -0.25) is 14.7 Å². The minimum absolute atomic E-state index is 0.0622. The molecule has 1 aromatic heterocycles. The summed E-state index contributed by atoms with van der Waals surface area (Å²) in [6, 6.07) is 15.1. The van der Waals surface area contributed by atoms with E-state index in [2.05, 4.69) is 4.98 Å². The third-order valence-corrected chi connectivity index (χ3v) is 7.67. The van der Waals surface area contributed by atoms with Crippen LogP contribution in [0.2, 0.25) is 0 Å². The Morgan fingerprint density at radius 2 is 1.87 bits per heavy atom. The molecule has 0 aliphatic carbocycles. The minimum Gasteiger partial charge on any atom is -0.420 e. The summed E-state index contributed by atoms with van der Waals surface area (Å²) in [6.07, 6.45) is 3.12. The van der Waals surface area contributed by atoms with Crippen LogP contribution in [0.1, 0.15) is 26.2 Å². The molecule has 1 saturated heterocycles. The van der Waals surface area contributed by atoms with Gasteiger partial charge in [0.15, 0.2) is 5.44 Å². The van der Waals surface area contributed by atoms with Crippen LogP contribution < -0.4 is 15.6 Å². The smallest absolute Gasteiger partial charge is 0.284 e. The number of nitrogens with zero attached hydrogens (tertiary/aromatic N) is 3. The predicted molar refractivity (Wildman–Crippen MR) is 120 cm³/mol. The zero-order valence-corrected chi connectivity index (χ0v) is 18.2. The molecule has 1 atom stereocenters. The summed E-state index contributed by atoms with van der Waals surface area (Å²) in [5, 5.41) is 11.8. The second-order valence-corrected chi connectivity index (χ2v) is 9.61. The highest BCUT2D eigenvalue weighted by Crippen LogP contribution is 2.48. The van der Waals surface area contributed by atoms with Crippen molar-refractivity contribution in [1.29, 1.82) is 0 Å². The molecule has 0 radical (unpaired) electrons. The number of rotatable bonds is 7. The Morgan fingerprint density at radius 3 is 2.55 bits per heavy atom. The number of piperidine rings is 1. The Labute approximate surface area is 180 Å². The molecule has 0 spiro atoms. The van der Waals surface area contributed by atoms with E-state index < -0.39 is 12.3 Å². The average Bonchev–Trinajstić information content (AvgIpc) is 3.27. The first-order valence-electron chi connectivity index (χ1n) is 10.3. The fourth-order valence-corrected chi connectivity index (χ4v) is 5.84. The van der Waals surface area contributed by atoms with E-state index in [0.717, 1.165) is 32.4 Å². The first-order valence-corrected chi connectivity index (χ1v) is 12.0. The molecule has 0 bridgehead atoms. The van der Waals surface area contributed by atoms with Crippen LogP contribution in [-0.4, -0.2) is 29.6 Å². The van der Waals surface area contributed by atoms with Crippen molar-refractivity contribution in [2.24, 2.45) is 0 Å². The van der Waals surface area contributed by atoms with Gasteiger partial charge < -0.3 is 13.8 Å². The average molecular weight is 441 g/mol. The van der Waals surface area contributed by atoms with Crippen LogP contribution in [-0.2, 0) is 9.09 Å². The van der Waals surface area contributed by atoms with E-state index in [9.17, 15) is 14.7 Å². The molecule has 0 saturated carbocycles. The summed E-state index contributed by atoms with van der Waals surface area (Å²) in [7, 11) is -3.54. The van der Waals surface area contributed by atoms with Gasteiger partial charge in [-0.25, -0.2) is 4.98 Å². The molecule has 2 heterocycles. The lowest BCUT2D eigenvalue weighted by Crippen LogP contribution is -2.34. The van der Waals surface area contributed by atoms with Crippen molar-refractivity contribution in [3.63, 3.8) is 0 Å². The molecule has 31 heavy (non-hydrogen) atoms. The Bertz CT molecular complexity index is 1110. The van der Waals surface area contributed by atoms with Crippen LogP contribution in [0.3, 0.4) is 0 Å². The number of nitro groups is 1. The van der Waals surface area contributed by atoms with E-state index in [1.165, 1.54) is 12.1 Å². The van der Waals surface area contributed by atoms with Gasteiger partial charge in [-0.15, -0.1) is 0 Å². The lowest BCUT2D eigenvalue weighted by Gasteiger charge is -2.28. The molecule has 0 amide bonds. The van der Waals surface area contributed by atoms with Crippen molar-refractivity contribution in [3.05, 3.63) is 64.7 Å². The molecular formula is C22H24N3O5P. The van der Waals surface area contributed by atoms with Gasteiger partial charge in [0.25, 0.3) is 13.1 Å². The molecule has 0 unspecified atom stereocenters. The lowest BCUT2D eigenvalue weighted by molar-refractivity contribution is -0.384. The first kappa shape index (κ1) is 21.3. The van der Waals surface area contributed by atoms with Crippen LogP contribution in [0.25, 0.3) is 11.5 Å². The van der Waals surface area contributed by atoms with Gasteiger partial charge >= 0.3 is 0 Å². The van der Waals surface area contributed by atoms with Crippen molar-refractivity contribution in [1.82, 2.24) is 4.98 Å². The number of hydrogen-bond acceptors (Lipinski definition) is 7. The third-order valence-electron chi connectivity index (χ3n) is 5.23. The quantitative estimate of drug-likeness (QED) is 0.302. The van der Waals surface area contributed by atoms with Crippen molar-refractivity contribution < 1.29 is 18.4 Å². The normalized spacial score (nSPS) is 16.1. The van der Waals surface area contributed by atoms with E-state index in [1.54, 1.807) is 31.2 Å². The Morgan fingerprint density at radius 1 is 1.13 bits per heavy atom. The molecule has 2 aromatic carbocycles. The molecule has 0 N–H and O–H groups in total. The van der Waals surface area contributed by atoms with Gasteiger partial charge in [-0.05, 0) is 44.4 Å². The van der Waals surface area contributed by atoms with Gasteiger partial charge in [0, 0.05) is 36.1 Å². The first-order chi connectivity index (χ1) is 15.0. The van der Waals surface area contributed by atoms with E-state index in [4.69, 9.17) is 8.94 Å². The number of nitro benzene ring substituents is 1. The van der Waals surface area contributed by atoms with E-state index >= 15 is 0 Å². The van der Waals surface area contributed by atoms with Crippen LogP contribution in [0.5, 0.6) is 0 Å². The topological polar surface area (TPSA) is 98.7 Å². The number of oxazole rings is 1. The zero-order chi connectivity index (χ0) is 21.8. The van der Waals surface area contributed by atoms with Gasteiger partial charge in [-0.1, -0.05) is 24.3 Å². The predicted octanol–water partition coefficient (Wildman–Crippen LogP) is 4.51. The van der Waals surface area contributed by atoms with Crippen molar-refractivity contribution >= 4 is 29.7 Å². The highest BCUT2D eigenvalue weighted by molar-refractivity contribution is 7.74. The summed E-state index contributed by atoms with van der Waals surface area (Å²) >= 11 is 0. The zero-order valence-electron chi connectivity index (χ0n) is 17.3. The van der Waals surface area contributed by atoms with E-state index in [0.29, 0.717) is 16.8 Å². The van der Waals surface area contributed by atoms with Gasteiger partial charge in [0.2, 0.25) is 11.8 Å². The molecule has 3 aromatic rings. The molecule has 8 nitrogen and oxygen atoms in total. The molecule has 1 aliphatic rings. The minimum atomic E-state index is -3.54. The molecule has 1 fully saturated rings. The maximum atomic E-state index is 14.2. The SMILES string of the molecule is CCO[P@@](=O)(c1ccccc1)c1nc(-c2cccc([N+](=O)[O-])c2)oc1N1CCCCC1. The second-order valence-electron chi connectivity index (χ2n) is 7.31. The Hall–Kier alpha value is -2.96. The third kappa shape index (κ3) is 4.27. The van der Waals surface area contributed by atoms with Gasteiger partial charge in [-0.2, -0.15) is 0 Å². The van der Waals surface area contributed by atoms with Crippen LogP contribution in [0.15, 0.2) is 59.0 Å². The highest BCUT2D eigenvalue weighted by Gasteiger charge is 2.38. The lowest BCUT2D eigenvalue weighted by atomic mass is 10.1. The number of hydrogen-bond donors (Lipinski definition) is 0. The molecule has 9 heteroatoms. The Balaban J connectivity index is 1.88. The summed E-state index contributed by atoms with van der Waals surface area (Å²) < 4.78 is 26.2. The van der Waals surface area contributed by atoms with E-state index in [-0.39, 0.29) is 23.6 Å².